The summed E-state index contributed by atoms with van der Waals surface area (Å²) in [5, 5.41) is 11.8. The molecule has 0 fully saturated rings. The minimum absolute atomic E-state index is 0.0786. The Balaban J connectivity index is 1.59. The molecule has 0 radical (unpaired) electrons. The van der Waals surface area contributed by atoms with E-state index >= 15 is 0 Å². The molecule has 4 rings (SSSR count). The summed E-state index contributed by atoms with van der Waals surface area (Å²) in [6.07, 6.45) is 8.49. The Hall–Kier alpha value is -3.54. The van der Waals surface area contributed by atoms with Crippen molar-refractivity contribution in [1.82, 2.24) is 20.2 Å². The highest BCUT2D eigenvalue weighted by Gasteiger charge is 2.09. The zero-order valence-corrected chi connectivity index (χ0v) is 14.7. The normalized spacial score (nSPS) is 12.5. The Labute approximate surface area is 156 Å². The molecule has 134 valence electrons. The SMILES string of the molecule is CC(Nc1ccc2[nH]nc(/C=C/c3ccccn3)c2c1)c1cncc(F)c1. The van der Waals surface area contributed by atoms with Gasteiger partial charge in [-0.25, -0.2) is 4.39 Å². The van der Waals surface area contributed by atoms with Gasteiger partial charge in [-0.3, -0.25) is 15.1 Å². The third-order valence-corrected chi connectivity index (χ3v) is 4.30. The lowest BCUT2D eigenvalue weighted by Gasteiger charge is -2.15. The zero-order valence-electron chi connectivity index (χ0n) is 14.7. The Bertz CT molecular complexity index is 1090. The van der Waals surface area contributed by atoms with Crippen LogP contribution in [0.15, 0.2) is 61.1 Å². The number of halogens is 1. The van der Waals surface area contributed by atoms with Crippen LogP contribution in [0.2, 0.25) is 0 Å². The number of pyridine rings is 2. The second-order valence-electron chi connectivity index (χ2n) is 6.26. The van der Waals surface area contributed by atoms with Crippen molar-refractivity contribution in [3.05, 3.63) is 83.8 Å². The van der Waals surface area contributed by atoms with Crippen LogP contribution in [-0.4, -0.2) is 20.2 Å². The lowest BCUT2D eigenvalue weighted by atomic mass is 10.1. The third kappa shape index (κ3) is 3.84. The highest BCUT2D eigenvalue weighted by atomic mass is 19.1. The molecule has 6 heteroatoms. The fourth-order valence-electron chi connectivity index (χ4n) is 2.89. The highest BCUT2D eigenvalue weighted by molar-refractivity contribution is 5.91. The Kier molecular flexibility index (Phi) is 4.61. The number of fused-ring (bicyclic) bond motifs is 1. The first-order valence-corrected chi connectivity index (χ1v) is 8.63. The number of nitrogens with one attached hydrogen (secondary N) is 2. The monoisotopic (exact) mass is 359 g/mol. The highest BCUT2D eigenvalue weighted by Crippen LogP contribution is 2.25. The van der Waals surface area contributed by atoms with Crippen molar-refractivity contribution in [2.75, 3.05) is 5.32 Å². The molecule has 2 N–H and O–H groups in total. The summed E-state index contributed by atoms with van der Waals surface area (Å²) in [5.41, 5.74) is 4.36. The van der Waals surface area contributed by atoms with E-state index in [2.05, 4.69) is 25.5 Å². The first kappa shape index (κ1) is 16.9. The molecular formula is C21H18FN5. The van der Waals surface area contributed by atoms with E-state index in [4.69, 9.17) is 0 Å². The maximum Gasteiger partial charge on any atom is 0.141 e. The fourth-order valence-corrected chi connectivity index (χ4v) is 2.89. The molecule has 5 nitrogen and oxygen atoms in total. The van der Waals surface area contributed by atoms with Gasteiger partial charge in [0.15, 0.2) is 0 Å². The lowest BCUT2D eigenvalue weighted by Crippen LogP contribution is -2.07. The number of nitrogens with zero attached hydrogens (tertiary/aromatic N) is 3. The van der Waals surface area contributed by atoms with E-state index in [0.717, 1.165) is 33.5 Å². The first-order valence-electron chi connectivity index (χ1n) is 8.63. The topological polar surface area (TPSA) is 66.5 Å². The summed E-state index contributed by atoms with van der Waals surface area (Å²) in [7, 11) is 0. The van der Waals surface area contributed by atoms with E-state index in [1.807, 2.05) is 55.5 Å². The molecule has 0 saturated carbocycles. The quantitative estimate of drug-likeness (QED) is 0.535. The van der Waals surface area contributed by atoms with Crippen LogP contribution in [0.5, 0.6) is 0 Å². The summed E-state index contributed by atoms with van der Waals surface area (Å²) in [6.45, 7) is 1.97. The second-order valence-corrected chi connectivity index (χ2v) is 6.26. The van der Waals surface area contributed by atoms with Crippen LogP contribution < -0.4 is 5.32 Å². The Morgan fingerprint density at radius 2 is 2.04 bits per heavy atom. The van der Waals surface area contributed by atoms with Crippen molar-refractivity contribution in [2.24, 2.45) is 0 Å². The van der Waals surface area contributed by atoms with Crippen LogP contribution >= 0.6 is 0 Å². The number of H-pyrrole nitrogens is 1. The standard InChI is InChI=1S/C21H18FN5/c1-14(15-10-16(22)13-23-12-15)25-18-6-8-21-19(11-18)20(26-27-21)7-5-17-4-2-3-9-24-17/h2-14,25H,1H3,(H,26,27)/b7-5+. The number of aromatic nitrogens is 4. The number of rotatable bonds is 5. The average molecular weight is 359 g/mol. The summed E-state index contributed by atoms with van der Waals surface area (Å²) in [5.74, 6) is -0.339. The number of hydrogen-bond acceptors (Lipinski definition) is 4. The zero-order chi connectivity index (χ0) is 18.6. The van der Waals surface area contributed by atoms with Gasteiger partial charge in [0.25, 0.3) is 0 Å². The first-order chi connectivity index (χ1) is 13.2. The van der Waals surface area contributed by atoms with E-state index in [-0.39, 0.29) is 11.9 Å². The molecule has 1 aromatic carbocycles. The second kappa shape index (κ2) is 7.37. The molecule has 0 amide bonds. The molecule has 3 heterocycles. The van der Waals surface area contributed by atoms with E-state index in [1.165, 1.54) is 12.3 Å². The van der Waals surface area contributed by atoms with Gasteiger partial charge in [-0.1, -0.05) is 6.07 Å². The van der Waals surface area contributed by atoms with Crippen molar-refractivity contribution in [3.63, 3.8) is 0 Å². The van der Waals surface area contributed by atoms with Crippen molar-refractivity contribution in [2.45, 2.75) is 13.0 Å². The smallest absolute Gasteiger partial charge is 0.141 e. The molecule has 27 heavy (non-hydrogen) atoms. The molecule has 0 aliphatic rings. The largest absolute Gasteiger partial charge is 0.378 e. The average Bonchev–Trinajstić information content (AvgIpc) is 3.09. The van der Waals surface area contributed by atoms with Gasteiger partial charge < -0.3 is 5.32 Å². The predicted octanol–water partition coefficient (Wildman–Crippen LogP) is 4.84. The molecular weight excluding hydrogens is 341 g/mol. The van der Waals surface area contributed by atoms with Crippen LogP contribution in [0.1, 0.15) is 29.9 Å². The fraction of sp³-hybridized carbons (Fsp3) is 0.0952. The molecule has 0 bridgehead atoms. The molecule has 0 aliphatic carbocycles. The molecule has 1 atom stereocenters. The van der Waals surface area contributed by atoms with Gasteiger partial charge >= 0.3 is 0 Å². The van der Waals surface area contributed by atoms with Gasteiger partial charge in [-0.2, -0.15) is 5.10 Å². The number of benzene rings is 1. The minimum atomic E-state index is -0.339. The molecule has 1 unspecified atom stereocenters. The van der Waals surface area contributed by atoms with Gasteiger partial charge in [0, 0.05) is 23.5 Å². The van der Waals surface area contributed by atoms with E-state index < -0.39 is 0 Å². The third-order valence-electron chi connectivity index (χ3n) is 4.30. The molecule has 0 aliphatic heterocycles. The molecule has 0 saturated heterocycles. The predicted molar refractivity (Wildman–Crippen MR) is 105 cm³/mol. The van der Waals surface area contributed by atoms with E-state index in [1.54, 1.807) is 12.4 Å². The summed E-state index contributed by atoms with van der Waals surface area (Å²) in [4.78, 5) is 8.19. The number of aromatic amines is 1. The minimum Gasteiger partial charge on any atom is -0.378 e. The maximum absolute atomic E-state index is 13.4. The molecule has 4 aromatic rings. The van der Waals surface area contributed by atoms with Crippen molar-refractivity contribution in [1.29, 1.82) is 0 Å². The Morgan fingerprint density at radius 1 is 1.11 bits per heavy atom. The Morgan fingerprint density at radius 3 is 2.85 bits per heavy atom. The van der Waals surface area contributed by atoms with Crippen LogP contribution in [0.3, 0.4) is 0 Å². The lowest BCUT2D eigenvalue weighted by molar-refractivity contribution is 0.616. The van der Waals surface area contributed by atoms with Gasteiger partial charge in [0.1, 0.15) is 5.82 Å². The number of hydrogen-bond donors (Lipinski definition) is 2. The van der Waals surface area contributed by atoms with Crippen LogP contribution in [-0.2, 0) is 0 Å². The van der Waals surface area contributed by atoms with Gasteiger partial charge in [-0.05, 0) is 61.0 Å². The summed E-state index contributed by atoms with van der Waals surface area (Å²) >= 11 is 0. The number of anilines is 1. The summed E-state index contributed by atoms with van der Waals surface area (Å²) < 4.78 is 13.4. The van der Waals surface area contributed by atoms with Crippen LogP contribution in [0, 0.1) is 5.82 Å². The summed E-state index contributed by atoms with van der Waals surface area (Å²) in [6, 6.07) is 13.1. The van der Waals surface area contributed by atoms with Gasteiger partial charge in [-0.15, -0.1) is 0 Å². The van der Waals surface area contributed by atoms with E-state index in [9.17, 15) is 4.39 Å². The molecule has 0 spiro atoms. The van der Waals surface area contributed by atoms with Gasteiger partial charge in [0.05, 0.1) is 29.1 Å². The maximum atomic E-state index is 13.4. The van der Waals surface area contributed by atoms with Crippen LogP contribution in [0.4, 0.5) is 10.1 Å². The van der Waals surface area contributed by atoms with Gasteiger partial charge in [0.2, 0.25) is 0 Å². The van der Waals surface area contributed by atoms with Crippen molar-refractivity contribution >= 4 is 28.7 Å². The van der Waals surface area contributed by atoms with Crippen LogP contribution in [0.25, 0.3) is 23.1 Å². The van der Waals surface area contributed by atoms with Crippen molar-refractivity contribution < 1.29 is 4.39 Å². The van der Waals surface area contributed by atoms with Crippen molar-refractivity contribution in [3.8, 4) is 0 Å². The van der Waals surface area contributed by atoms with E-state index in [0.29, 0.717) is 0 Å². The molecule has 3 aromatic heterocycles.